The van der Waals surface area contributed by atoms with E-state index in [2.05, 4.69) is 44.3 Å². The Morgan fingerprint density at radius 1 is 1.18 bits per heavy atom. The molecule has 5 heteroatoms. The van der Waals surface area contributed by atoms with Crippen LogP contribution < -0.4 is 15.8 Å². The quantitative estimate of drug-likeness (QED) is 0.787. The van der Waals surface area contributed by atoms with Crippen LogP contribution in [0.1, 0.15) is 49.3 Å². The molecule has 150 valence electrons. The number of amides is 1. The Bertz CT molecular complexity index is 809. The normalized spacial score (nSPS) is 16.0. The number of nitrogens with two attached hydrogens (primary N) is 1. The Morgan fingerprint density at radius 2 is 1.86 bits per heavy atom. The third-order valence-corrected chi connectivity index (χ3v) is 5.23. The number of carbonyl (C=O) groups excluding carboxylic acids is 1. The summed E-state index contributed by atoms with van der Waals surface area (Å²) >= 11 is 0. The standard InChI is InChI=1S/C23H30N2O3/c1-16(2)20-9-4-17(3)14-21(20)28-15-18-5-7-19(8-6-18)25-22(26)23(24)10-12-27-13-11-23/h4-9,14,16H,10-13,15,24H2,1-3H3,(H,25,26). The van der Waals surface area contributed by atoms with Crippen LogP contribution in [0.2, 0.25) is 0 Å². The SMILES string of the molecule is Cc1ccc(C(C)C)c(OCc2ccc(NC(=O)C3(N)CCOCC3)cc2)c1. The van der Waals surface area contributed by atoms with Crippen molar-refractivity contribution in [2.24, 2.45) is 5.73 Å². The lowest BCUT2D eigenvalue weighted by molar-refractivity contribution is -0.124. The Labute approximate surface area is 167 Å². The molecular weight excluding hydrogens is 352 g/mol. The number of nitrogens with one attached hydrogen (secondary N) is 1. The predicted molar refractivity (Wildman–Crippen MR) is 112 cm³/mol. The molecule has 3 N–H and O–H groups in total. The topological polar surface area (TPSA) is 73.6 Å². The van der Waals surface area contributed by atoms with Gasteiger partial charge in [0, 0.05) is 18.9 Å². The molecule has 1 heterocycles. The van der Waals surface area contributed by atoms with Crippen molar-refractivity contribution in [2.45, 2.75) is 51.7 Å². The van der Waals surface area contributed by atoms with E-state index in [1.54, 1.807) is 0 Å². The van der Waals surface area contributed by atoms with E-state index in [-0.39, 0.29) is 5.91 Å². The summed E-state index contributed by atoms with van der Waals surface area (Å²) in [6, 6.07) is 14.0. The van der Waals surface area contributed by atoms with E-state index in [1.807, 2.05) is 24.3 Å². The highest BCUT2D eigenvalue weighted by atomic mass is 16.5. The highest BCUT2D eigenvalue weighted by Gasteiger charge is 2.35. The molecule has 1 saturated heterocycles. The van der Waals surface area contributed by atoms with Gasteiger partial charge in [-0.3, -0.25) is 4.79 Å². The minimum Gasteiger partial charge on any atom is -0.489 e. The maximum atomic E-state index is 12.5. The van der Waals surface area contributed by atoms with Crippen molar-refractivity contribution in [3.63, 3.8) is 0 Å². The zero-order valence-electron chi connectivity index (χ0n) is 17.0. The molecule has 1 fully saturated rings. The molecule has 0 spiro atoms. The van der Waals surface area contributed by atoms with Crippen molar-refractivity contribution < 1.29 is 14.3 Å². The molecule has 1 aliphatic heterocycles. The molecule has 2 aromatic rings. The van der Waals surface area contributed by atoms with E-state index in [0.717, 1.165) is 17.0 Å². The van der Waals surface area contributed by atoms with Gasteiger partial charge < -0.3 is 20.5 Å². The molecule has 5 nitrogen and oxygen atoms in total. The maximum absolute atomic E-state index is 12.5. The fourth-order valence-electron chi connectivity index (χ4n) is 3.31. The number of anilines is 1. The highest BCUT2D eigenvalue weighted by molar-refractivity contribution is 5.98. The third-order valence-electron chi connectivity index (χ3n) is 5.23. The second-order valence-electron chi connectivity index (χ2n) is 7.90. The minimum atomic E-state index is -0.849. The van der Waals surface area contributed by atoms with Gasteiger partial charge in [-0.05, 0) is 60.6 Å². The van der Waals surface area contributed by atoms with Gasteiger partial charge in [0.1, 0.15) is 17.9 Å². The van der Waals surface area contributed by atoms with Crippen LogP contribution >= 0.6 is 0 Å². The summed E-state index contributed by atoms with van der Waals surface area (Å²) in [7, 11) is 0. The molecule has 1 aliphatic rings. The van der Waals surface area contributed by atoms with Gasteiger partial charge in [0.05, 0.1) is 0 Å². The van der Waals surface area contributed by atoms with E-state index >= 15 is 0 Å². The predicted octanol–water partition coefficient (Wildman–Crippen LogP) is 4.14. The number of aryl methyl sites for hydroxylation is 1. The Hall–Kier alpha value is -2.37. The molecule has 0 atom stereocenters. The second kappa shape index (κ2) is 8.76. The van der Waals surface area contributed by atoms with Crippen LogP contribution in [-0.4, -0.2) is 24.7 Å². The molecule has 0 bridgehead atoms. The van der Waals surface area contributed by atoms with Gasteiger partial charge in [-0.1, -0.05) is 38.1 Å². The number of benzene rings is 2. The summed E-state index contributed by atoms with van der Waals surface area (Å²) in [5.74, 6) is 1.18. The molecule has 2 aromatic carbocycles. The Morgan fingerprint density at radius 3 is 2.50 bits per heavy atom. The maximum Gasteiger partial charge on any atom is 0.244 e. The minimum absolute atomic E-state index is 0.152. The first kappa shape index (κ1) is 20.4. The summed E-state index contributed by atoms with van der Waals surface area (Å²) in [4.78, 5) is 12.5. The average Bonchev–Trinajstić information content (AvgIpc) is 2.68. The summed E-state index contributed by atoms with van der Waals surface area (Å²) in [5, 5.41) is 2.92. The van der Waals surface area contributed by atoms with Gasteiger partial charge >= 0.3 is 0 Å². The zero-order chi connectivity index (χ0) is 20.1. The van der Waals surface area contributed by atoms with E-state index in [1.165, 1.54) is 11.1 Å². The van der Waals surface area contributed by atoms with E-state index in [0.29, 0.717) is 38.6 Å². The van der Waals surface area contributed by atoms with Crippen molar-refractivity contribution in [3.05, 3.63) is 59.2 Å². The second-order valence-corrected chi connectivity index (χ2v) is 7.90. The molecule has 0 aromatic heterocycles. The van der Waals surface area contributed by atoms with Crippen LogP contribution in [-0.2, 0) is 16.1 Å². The Balaban J connectivity index is 1.61. The number of hydrogen-bond acceptors (Lipinski definition) is 4. The monoisotopic (exact) mass is 382 g/mol. The zero-order valence-corrected chi connectivity index (χ0v) is 17.0. The van der Waals surface area contributed by atoms with Crippen LogP contribution in [0.15, 0.2) is 42.5 Å². The van der Waals surface area contributed by atoms with Crippen molar-refractivity contribution in [2.75, 3.05) is 18.5 Å². The average molecular weight is 383 g/mol. The first-order valence-corrected chi connectivity index (χ1v) is 9.88. The van der Waals surface area contributed by atoms with Crippen LogP contribution in [0.5, 0.6) is 5.75 Å². The van der Waals surface area contributed by atoms with Gasteiger partial charge in [0.15, 0.2) is 0 Å². The van der Waals surface area contributed by atoms with Crippen molar-refractivity contribution >= 4 is 11.6 Å². The number of ether oxygens (including phenoxy) is 2. The molecule has 28 heavy (non-hydrogen) atoms. The Kier molecular flexibility index (Phi) is 6.37. The van der Waals surface area contributed by atoms with Gasteiger partial charge in [-0.25, -0.2) is 0 Å². The van der Waals surface area contributed by atoms with E-state index in [9.17, 15) is 4.79 Å². The smallest absolute Gasteiger partial charge is 0.244 e. The summed E-state index contributed by atoms with van der Waals surface area (Å²) in [6.45, 7) is 7.93. The summed E-state index contributed by atoms with van der Waals surface area (Å²) < 4.78 is 11.4. The fraction of sp³-hybridized carbons (Fsp3) is 0.435. The molecular formula is C23H30N2O3. The lowest BCUT2D eigenvalue weighted by Gasteiger charge is -2.31. The van der Waals surface area contributed by atoms with E-state index < -0.39 is 5.54 Å². The summed E-state index contributed by atoms with van der Waals surface area (Å²) in [5.41, 5.74) is 9.56. The van der Waals surface area contributed by atoms with Gasteiger partial charge in [0.2, 0.25) is 5.91 Å². The lowest BCUT2D eigenvalue weighted by atomic mass is 9.90. The molecule has 0 unspecified atom stereocenters. The first-order valence-electron chi connectivity index (χ1n) is 9.88. The number of hydrogen-bond donors (Lipinski definition) is 2. The molecule has 0 aliphatic carbocycles. The molecule has 0 radical (unpaired) electrons. The molecule has 3 rings (SSSR count). The first-order chi connectivity index (χ1) is 13.4. The highest BCUT2D eigenvalue weighted by Crippen LogP contribution is 2.28. The van der Waals surface area contributed by atoms with Crippen molar-refractivity contribution in [3.8, 4) is 5.75 Å². The molecule has 0 saturated carbocycles. The lowest BCUT2D eigenvalue weighted by Crippen LogP contribution is -2.54. The van der Waals surface area contributed by atoms with Crippen LogP contribution in [0.3, 0.4) is 0 Å². The molecule has 1 amide bonds. The van der Waals surface area contributed by atoms with Gasteiger partial charge in [-0.2, -0.15) is 0 Å². The van der Waals surface area contributed by atoms with Crippen molar-refractivity contribution in [1.29, 1.82) is 0 Å². The van der Waals surface area contributed by atoms with Crippen LogP contribution in [0, 0.1) is 6.92 Å². The van der Waals surface area contributed by atoms with Crippen LogP contribution in [0.4, 0.5) is 5.69 Å². The van der Waals surface area contributed by atoms with Gasteiger partial charge in [0.25, 0.3) is 0 Å². The van der Waals surface area contributed by atoms with Gasteiger partial charge in [-0.15, -0.1) is 0 Å². The number of rotatable bonds is 6. The van der Waals surface area contributed by atoms with Crippen molar-refractivity contribution in [1.82, 2.24) is 0 Å². The number of carbonyl (C=O) groups is 1. The third kappa shape index (κ3) is 4.91. The largest absolute Gasteiger partial charge is 0.489 e. The fourth-order valence-corrected chi connectivity index (χ4v) is 3.31. The summed E-state index contributed by atoms with van der Waals surface area (Å²) in [6.07, 6.45) is 1.08. The van der Waals surface area contributed by atoms with E-state index in [4.69, 9.17) is 15.2 Å². The van der Waals surface area contributed by atoms with Crippen LogP contribution in [0.25, 0.3) is 0 Å².